The number of nitrogens with zero attached hydrogens (tertiary/aromatic N) is 2. The maximum absolute atomic E-state index is 11.3. The van der Waals surface area contributed by atoms with Crippen molar-refractivity contribution in [3.05, 3.63) is 17.6 Å². The Morgan fingerprint density at radius 2 is 1.95 bits per heavy atom. The Morgan fingerprint density at radius 3 is 2.47 bits per heavy atom. The maximum atomic E-state index is 11.3. The number of aliphatic hydroxyl groups is 2. The molecule has 4 N–H and O–H groups in total. The van der Waals surface area contributed by atoms with Crippen LogP contribution >= 0.6 is 0 Å². The number of carbonyl (C=O) groups excluding carboxylic acids is 2. The number of hydrogen-bond acceptors (Lipinski definition) is 9. The number of aromatic nitrogens is 2. The van der Waals surface area contributed by atoms with Crippen molar-refractivity contribution in [2.75, 3.05) is 20.0 Å². The molecular weight excluding hydrogens is 258 g/mol. The Balaban J connectivity index is 3.08. The predicted octanol–water partition coefficient (Wildman–Crippen LogP) is -1.59. The first-order valence-electron chi connectivity index (χ1n) is 5.07. The average molecular weight is 271 g/mol. The zero-order chi connectivity index (χ0) is 14.6. The van der Waals surface area contributed by atoms with Crippen LogP contribution in [0.1, 0.15) is 22.3 Å². The van der Waals surface area contributed by atoms with Gasteiger partial charge in [0, 0.05) is 0 Å². The lowest BCUT2D eigenvalue weighted by Gasteiger charge is -2.15. The lowest BCUT2D eigenvalue weighted by Crippen LogP contribution is -2.30. The Morgan fingerprint density at radius 1 is 1.32 bits per heavy atom. The number of ether oxygens (including phenoxy) is 2. The summed E-state index contributed by atoms with van der Waals surface area (Å²) in [6.07, 6.45) is -2.53. The molecule has 9 nitrogen and oxygen atoms in total. The van der Waals surface area contributed by atoms with Gasteiger partial charge in [0.25, 0.3) is 0 Å². The highest BCUT2D eigenvalue weighted by Crippen LogP contribution is 2.17. The standard InChI is InChI=1S/C10H13N3O6/c1-18-9(16)5-8(11)12-3-4(13-5)6(14)7(15)10(17)19-2/h3,6-7,14-15H,1-2H3,(H2,11,12). The summed E-state index contributed by atoms with van der Waals surface area (Å²) in [6, 6.07) is 0. The van der Waals surface area contributed by atoms with E-state index in [1.54, 1.807) is 0 Å². The van der Waals surface area contributed by atoms with E-state index in [-0.39, 0.29) is 17.2 Å². The van der Waals surface area contributed by atoms with E-state index in [1.807, 2.05) is 0 Å². The maximum Gasteiger partial charge on any atom is 0.360 e. The molecule has 9 heteroatoms. The summed E-state index contributed by atoms with van der Waals surface area (Å²) in [5.74, 6) is -2.10. The van der Waals surface area contributed by atoms with Crippen LogP contribution in [-0.4, -0.2) is 52.4 Å². The third-order valence-electron chi connectivity index (χ3n) is 2.24. The summed E-state index contributed by atoms with van der Waals surface area (Å²) in [6.45, 7) is 0. The zero-order valence-corrected chi connectivity index (χ0v) is 10.2. The molecule has 0 amide bonds. The lowest BCUT2D eigenvalue weighted by atomic mass is 10.1. The van der Waals surface area contributed by atoms with Crippen molar-refractivity contribution < 1.29 is 29.3 Å². The van der Waals surface area contributed by atoms with Gasteiger partial charge in [-0.3, -0.25) is 0 Å². The number of esters is 2. The summed E-state index contributed by atoms with van der Waals surface area (Å²) in [5, 5.41) is 19.2. The number of hydrogen-bond donors (Lipinski definition) is 3. The van der Waals surface area contributed by atoms with Crippen molar-refractivity contribution in [3.8, 4) is 0 Å². The van der Waals surface area contributed by atoms with Gasteiger partial charge in [0.1, 0.15) is 6.10 Å². The van der Waals surface area contributed by atoms with Gasteiger partial charge in [0.15, 0.2) is 17.6 Å². The molecule has 0 bridgehead atoms. The van der Waals surface area contributed by atoms with E-state index in [0.29, 0.717) is 0 Å². The smallest absolute Gasteiger partial charge is 0.360 e. The van der Waals surface area contributed by atoms with Gasteiger partial charge < -0.3 is 25.4 Å². The molecule has 1 aromatic heterocycles. The molecule has 1 rings (SSSR count). The molecule has 1 heterocycles. The molecule has 0 spiro atoms. The van der Waals surface area contributed by atoms with E-state index >= 15 is 0 Å². The first-order valence-corrected chi connectivity index (χ1v) is 5.07. The van der Waals surface area contributed by atoms with Crippen LogP contribution in [0.2, 0.25) is 0 Å². The molecule has 0 aliphatic carbocycles. The molecule has 0 saturated heterocycles. The van der Waals surface area contributed by atoms with Gasteiger partial charge in [-0.2, -0.15) is 0 Å². The number of aliphatic hydroxyl groups excluding tert-OH is 2. The van der Waals surface area contributed by atoms with E-state index in [0.717, 1.165) is 20.4 Å². The number of anilines is 1. The molecule has 19 heavy (non-hydrogen) atoms. The number of methoxy groups -OCH3 is 2. The largest absolute Gasteiger partial charge is 0.467 e. The third-order valence-corrected chi connectivity index (χ3v) is 2.24. The van der Waals surface area contributed by atoms with Crippen LogP contribution in [0, 0.1) is 0 Å². The minimum absolute atomic E-state index is 0.199. The summed E-state index contributed by atoms with van der Waals surface area (Å²) >= 11 is 0. The fourth-order valence-corrected chi connectivity index (χ4v) is 1.21. The van der Waals surface area contributed by atoms with Crippen LogP contribution in [0.5, 0.6) is 0 Å². The highest BCUT2D eigenvalue weighted by atomic mass is 16.5. The Hall–Kier alpha value is -2.26. The fourth-order valence-electron chi connectivity index (χ4n) is 1.21. The Bertz CT molecular complexity index is 492. The SMILES string of the molecule is COC(=O)c1nc(C(O)C(O)C(=O)OC)cnc1N. The van der Waals surface area contributed by atoms with Crippen molar-refractivity contribution in [2.24, 2.45) is 0 Å². The summed E-state index contributed by atoms with van der Waals surface area (Å²) in [5.41, 5.74) is 4.88. The van der Waals surface area contributed by atoms with Crippen LogP contribution in [-0.2, 0) is 14.3 Å². The van der Waals surface area contributed by atoms with Crippen molar-refractivity contribution in [1.82, 2.24) is 9.97 Å². The monoisotopic (exact) mass is 271 g/mol. The van der Waals surface area contributed by atoms with Crippen molar-refractivity contribution >= 4 is 17.8 Å². The van der Waals surface area contributed by atoms with E-state index in [9.17, 15) is 19.8 Å². The molecule has 2 atom stereocenters. The lowest BCUT2D eigenvalue weighted by molar-refractivity contribution is -0.157. The minimum atomic E-state index is -1.85. The minimum Gasteiger partial charge on any atom is -0.467 e. The molecule has 0 aromatic carbocycles. The van der Waals surface area contributed by atoms with Crippen LogP contribution in [0.15, 0.2) is 6.20 Å². The van der Waals surface area contributed by atoms with Gasteiger partial charge in [0.2, 0.25) is 0 Å². The molecule has 0 radical (unpaired) electrons. The van der Waals surface area contributed by atoms with Gasteiger partial charge in [-0.15, -0.1) is 0 Å². The number of rotatable bonds is 4. The van der Waals surface area contributed by atoms with E-state index in [4.69, 9.17) is 5.73 Å². The Kier molecular flexibility index (Phi) is 4.73. The molecule has 0 aliphatic heterocycles. The topological polar surface area (TPSA) is 145 Å². The second kappa shape index (κ2) is 6.07. The van der Waals surface area contributed by atoms with E-state index < -0.39 is 24.1 Å². The Labute approximate surface area is 108 Å². The van der Waals surface area contributed by atoms with Gasteiger partial charge in [-0.1, -0.05) is 0 Å². The van der Waals surface area contributed by atoms with Crippen LogP contribution < -0.4 is 5.73 Å². The normalized spacial score (nSPS) is 13.5. The van der Waals surface area contributed by atoms with Crippen molar-refractivity contribution in [2.45, 2.75) is 12.2 Å². The number of nitrogens with two attached hydrogens (primary N) is 1. The predicted molar refractivity (Wildman–Crippen MR) is 60.8 cm³/mol. The van der Waals surface area contributed by atoms with Crippen molar-refractivity contribution in [3.63, 3.8) is 0 Å². The molecule has 0 saturated carbocycles. The molecule has 0 fully saturated rings. The highest BCUT2D eigenvalue weighted by molar-refractivity contribution is 5.91. The van der Waals surface area contributed by atoms with Gasteiger partial charge in [-0.05, 0) is 0 Å². The first kappa shape index (κ1) is 14.8. The zero-order valence-electron chi connectivity index (χ0n) is 10.2. The summed E-state index contributed by atoms with van der Waals surface area (Å²) < 4.78 is 8.69. The third kappa shape index (κ3) is 3.14. The second-order valence-corrected chi connectivity index (χ2v) is 3.43. The van der Waals surface area contributed by atoms with Crippen molar-refractivity contribution in [1.29, 1.82) is 0 Å². The first-order chi connectivity index (χ1) is 8.92. The van der Waals surface area contributed by atoms with Crippen LogP contribution in [0.4, 0.5) is 5.82 Å². The van der Waals surface area contributed by atoms with E-state index in [2.05, 4.69) is 19.4 Å². The molecule has 2 unspecified atom stereocenters. The van der Waals surface area contributed by atoms with Crippen LogP contribution in [0.3, 0.4) is 0 Å². The number of nitrogen functional groups attached to an aromatic ring is 1. The second-order valence-electron chi connectivity index (χ2n) is 3.43. The molecular formula is C10H13N3O6. The quantitative estimate of drug-likeness (QED) is 0.552. The summed E-state index contributed by atoms with van der Waals surface area (Å²) in [4.78, 5) is 29.7. The van der Waals surface area contributed by atoms with Gasteiger partial charge in [0.05, 0.1) is 26.1 Å². The molecule has 0 aliphatic rings. The highest BCUT2D eigenvalue weighted by Gasteiger charge is 2.29. The van der Waals surface area contributed by atoms with Crippen LogP contribution in [0.25, 0.3) is 0 Å². The van der Waals surface area contributed by atoms with E-state index in [1.165, 1.54) is 0 Å². The number of carbonyl (C=O) groups is 2. The average Bonchev–Trinajstić information content (AvgIpc) is 2.44. The fraction of sp³-hybridized carbons (Fsp3) is 0.400. The van der Waals surface area contributed by atoms with Gasteiger partial charge >= 0.3 is 11.9 Å². The summed E-state index contributed by atoms with van der Waals surface area (Å²) in [7, 11) is 2.17. The molecule has 104 valence electrons. The molecule has 1 aromatic rings. The van der Waals surface area contributed by atoms with Gasteiger partial charge in [-0.25, -0.2) is 19.6 Å².